The Morgan fingerprint density at radius 1 is 1.33 bits per heavy atom. The lowest BCUT2D eigenvalue weighted by Crippen LogP contribution is -2.38. The van der Waals surface area contributed by atoms with E-state index in [4.69, 9.17) is 0 Å². The van der Waals surface area contributed by atoms with Gasteiger partial charge in [-0.15, -0.1) is 24.0 Å². The predicted molar refractivity (Wildman–Crippen MR) is 108 cm³/mol. The van der Waals surface area contributed by atoms with Crippen molar-refractivity contribution in [2.75, 3.05) is 19.6 Å². The third-order valence-electron chi connectivity index (χ3n) is 3.83. The van der Waals surface area contributed by atoms with Crippen LogP contribution in [0.1, 0.15) is 45.9 Å². The number of nitrogens with zero attached hydrogens (tertiary/aromatic N) is 4. The second-order valence-electron chi connectivity index (χ2n) is 6.42. The van der Waals surface area contributed by atoms with Gasteiger partial charge in [-0.2, -0.15) is 5.10 Å². The van der Waals surface area contributed by atoms with Crippen molar-refractivity contribution in [3.8, 4) is 0 Å². The van der Waals surface area contributed by atoms with E-state index >= 15 is 0 Å². The minimum absolute atomic E-state index is 0. The molecule has 0 radical (unpaired) electrons. The lowest BCUT2D eigenvalue weighted by Gasteiger charge is -2.11. The van der Waals surface area contributed by atoms with Gasteiger partial charge in [-0.05, 0) is 32.1 Å². The highest BCUT2D eigenvalue weighted by atomic mass is 127. The summed E-state index contributed by atoms with van der Waals surface area (Å²) in [6.07, 6.45) is 3.99. The molecule has 0 saturated heterocycles. The maximum atomic E-state index is 12.2. The summed E-state index contributed by atoms with van der Waals surface area (Å²) >= 11 is 0. The molecule has 0 spiro atoms. The number of aliphatic imine (C=N–C) groups is 1. The molecule has 0 bridgehead atoms. The molecule has 8 heteroatoms. The summed E-state index contributed by atoms with van der Waals surface area (Å²) in [4.78, 5) is 16.8. The van der Waals surface area contributed by atoms with Gasteiger partial charge in [0.2, 0.25) is 0 Å². The number of nitrogens with one attached hydrogen (secondary N) is 2. The van der Waals surface area contributed by atoms with Crippen molar-refractivity contribution < 1.29 is 0 Å². The van der Waals surface area contributed by atoms with Gasteiger partial charge in [0.1, 0.15) is 5.82 Å². The van der Waals surface area contributed by atoms with Crippen LogP contribution in [0.4, 0.5) is 0 Å². The highest BCUT2D eigenvalue weighted by Gasteiger charge is 2.16. The lowest BCUT2D eigenvalue weighted by molar-refractivity contribution is 0.509. The molecule has 1 aliphatic heterocycles. The number of fused-ring (bicyclic) bond motifs is 1. The molecule has 2 N–H and O–H groups in total. The average molecular weight is 450 g/mol. The highest BCUT2D eigenvalue weighted by molar-refractivity contribution is 14.0. The number of aryl methyl sites for hydroxylation is 2. The number of guanidine groups is 1. The second kappa shape index (κ2) is 10.7. The molecule has 24 heavy (non-hydrogen) atoms. The third kappa shape index (κ3) is 6.10. The van der Waals surface area contributed by atoms with Crippen LogP contribution in [-0.4, -0.2) is 39.9 Å². The summed E-state index contributed by atoms with van der Waals surface area (Å²) in [5, 5.41) is 11.0. The number of aromatic nitrogens is 3. The highest BCUT2D eigenvalue weighted by Crippen LogP contribution is 2.09. The lowest BCUT2D eigenvalue weighted by atomic mass is 10.2. The van der Waals surface area contributed by atoms with E-state index in [9.17, 15) is 4.79 Å². The maximum absolute atomic E-state index is 12.2. The third-order valence-corrected chi connectivity index (χ3v) is 3.83. The Morgan fingerprint density at radius 3 is 2.79 bits per heavy atom. The molecule has 0 amide bonds. The van der Waals surface area contributed by atoms with Crippen molar-refractivity contribution in [1.82, 2.24) is 25.0 Å². The molecule has 0 saturated carbocycles. The van der Waals surface area contributed by atoms with Crippen LogP contribution in [0.2, 0.25) is 0 Å². The van der Waals surface area contributed by atoms with Gasteiger partial charge in [-0.3, -0.25) is 9.56 Å². The Morgan fingerprint density at radius 2 is 2.12 bits per heavy atom. The molecule has 0 aromatic carbocycles. The molecule has 138 valence electrons. The van der Waals surface area contributed by atoms with Crippen molar-refractivity contribution >= 4 is 29.9 Å². The Kier molecular flexibility index (Phi) is 9.38. The molecular formula is C16H31IN6O. The molecule has 2 rings (SSSR count). The van der Waals surface area contributed by atoms with Gasteiger partial charge in [0.15, 0.2) is 5.96 Å². The summed E-state index contributed by atoms with van der Waals surface area (Å²) in [6, 6.07) is 0. The SMILES string of the molecule is CCNC(=NCC(C)C)NCCCn1nc2n(c1=O)CCCC2.I. The number of rotatable bonds is 7. The fraction of sp³-hybridized carbons (Fsp3) is 0.812. The van der Waals surface area contributed by atoms with E-state index in [1.54, 1.807) is 4.68 Å². The van der Waals surface area contributed by atoms with Crippen molar-refractivity contribution in [2.24, 2.45) is 10.9 Å². The van der Waals surface area contributed by atoms with Crippen LogP contribution in [0.25, 0.3) is 0 Å². The summed E-state index contributed by atoms with van der Waals surface area (Å²) in [6.45, 7) is 10.3. The summed E-state index contributed by atoms with van der Waals surface area (Å²) < 4.78 is 3.44. The van der Waals surface area contributed by atoms with Gasteiger partial charge in [-0.1, -0.05) is 13.8 Å². The van der Waals surface area contributed by atoms with Crippen LogP contribution >= 0.6 is 24.0 Å². The van der Waals surface area contributed by atoms with Gasteiger partial charge in [0.25, 0.3) is 0 Å². The summed E-state index contributed by atoms with van der Waals surface area (Å²) in [5.41, 5.74) is 0.0417. The first kappa shape index (κ1) is 21.0. The van der Waals surface area contributed by atoms with Crippen molar-refractivity contribution in [3.05, 3.63) is 16.3 Å². The number of halogens is 1. The molecule has 0 aliphatic carbocycles. The Balaban J connectivity index is 0.00000288. The van der Waals surface area contributed by atoms with Crippen LogP contribution in [-0.2, 0) is 19.5 Å². The van der Waals surface area contributed by atoms with Crippen LogP contribution in [0, 0.1) is 5.92 Å². The van der Waals surface area contributed by atoms with Crippen LogP contribution < -0.4 is 16.3 Å². The molecule has 1 aliphatic rings. The minimum atomic E-state index is 0. The predicted octanol–water partition coefficient (Wildman–Crippen LogP) is 1.60. The van der Waals surface area contributed by atoms with Gasteiger partial charge in [0, 0.05) is 39.1 Å². The van der Waals surface area contributed by atoms with Gasteiger partial charge in [-0.25, -0.2) is 9.48 Å². The van der Waals surface area contributed by atoms with E-state index in [1.807, 2.05) is 4.57 Å². The number of hydrogen-bond acceptors (Lipinski definition) is 3. The van der Waals surface area contributed by atoms with E-state index in [2.05, 4.69) is 41.5 Å². The van der Waals surface area contributed by atoms with Crippen molar-refractivity contribution in [2.45, 2.75) is 59.5 Å². The molecule has 1 aromatic heterocycles. The monoisotopic (exact) mass is 450 g/mol. The largest absolute Gasteiger partial charge is 0.357 e. The fourth-order valence-corrected chi connectivity index (χ4v) is 2.65. The van der Waals surface area contributed by atoms with E-state index in [0.29, 0.717) is 12.5 Å². The Hall–Kier alpha value is -1.06. The summed E-state index contributed by atoms with van der Waals surface area (Å²) in [7, 11) is 0. The van der Waals surface area contributed by atoms with E-state index in [1.165, 1.54) is 0 Å². The first-order chi connectivity index (χ1) is 11.1. The van der Waals surface area contributed by atoms with Crippen molar-refractivity contribution in [3.63, 3.8) is 0 Å². The van der Waals surface area contributed by atoms with Crippen LogP contribution in [0.3, 0.4) is 0 Å². The second-order valence-corrected chi connectivity index (χ2v) is 6.42. The van der Waals surface area contributed by atoms with E-state index in [-0.39, 0.29) is 29.7 Å². The van der Waals surface area contributed by atoms with E-state index < -0.39 is 0 Å². The molecule has 7 nitrogen and oxygen atoms in total. The van der Waals surface area contributed by atoms with Gasteiger partial charge < -0.3 is 10.6 Å². The van der Waals surface area contributed by atoms with Crippen LogP contribution in [0.15, 0.2) is 9.79 Å². The van der Waals surface area contributed by atoms with Gasteiger partial charge in [0.05, 0.1) is 0 Å². The molecule has 2 heterocycles. The fourth-order valence-electron chi connectivity index (χ4n) is 2.65. The zero-order valence-electron chi connectivity index (χ0n) is 15.0. The number of hydrogen-bond donors (Lipinski definition) is 2. The Labute approximate surface area is 161 Å². The average Bonchev–Trinajstić information content (AvgIpc) is 2.85. The topological polar surface area (TPSA) is 76.2 Å². The normalized spacial score (nSPS) is 14.2. The summed E-state index contributed by atoms with van der Waals surface area (Å²) in [5.74, 6) is 2.33. The smallest absolute Gasteiger partial charge is 0.345 e. The molecular weight excluding hydrogens is 419 g/mol. The molecule has 1 aromatic rings. The maximum Gasteiger partial charge on any atom is 0.345 e. The van der Waals surface area contributed by atoms with Crippen LogP contribution in [0.5, 0.6) is 0 Å². The molecule has 0 atom stereocenters. The minimum Gasteiger partial charge on any atom is -0.357 e. The first-order valence-electron chi connectivity index (χ1n) is 8.80. The zero-order chi connectivity index (χ0) is 16.7. The quantitative estimate of drug-likeness (QED) is 0.287. The van der Waals surface area contributed by atoms with Gasteiger partial charge >= 0.3 is 5.69 Å². The zero-order valence-corrected chi connectivity index (χ0v) is 17.4. The standard InChI is InChI=1S/C16H30N6O.HI/c1-4-17-15(19-12-13(2)3)18-9-7-11-22-16(23)21-10-6-5-8-14(21)20-22;/h13H,4-12H2,1-3H3,(H2,17,18,19);1H. The Bertz CT molecular complexity index is 578. The molecule has 0 unspecified atom stereocenters. The van der Waals surface area contributed by atoms with Crippen molar-refractivity contribution in [1.29, 1.82) is 0 Å². The molecule has 0 fully saturated rings. The first-order valence-corrected chi connectivity index (χ1v) is 8.80. The van der Waals surface area contributed by atoms with E-state index in [0.717, 1.165) is 63.6 Å².